The molecular formula is C25H26F2N2O4S. The molecule has 3 aromatic carbocycles. The Labute approximate surface area is 197 Å². The normalized spacial score (nSPS) is 11.8. The summed E-state index contributed by atoms with van der Waals surface area (Å²) >= 11 is 0. The highest BCUT2D eigenvalue weighted by Crippen LogP contribution is 2.30. The average molecular weight is 489 g/mol. The number of halogens is 2. The lowest BCUT2D eigenvalue weighted by atomic mass is 9.96. The van der Waals surface area contributed by atoms with Gasteiger partial charge in [0.15, 0.2) is 0 Å². The molecule has 0 bridgehead atoms. The standard InChI is InChI=1S/C25H26F2N2O4S/c26-25(27)34(32,33)22-15-8-7-14-21(22)28-23(31)18-29(16-9-17-30)24(19-10-3-1-4-11-19)20-12-5-2-6-13-20/h1-8,10-15,24-25,30H,9,16-18H2,(H,28,31). The van der Waals surface area contributed by atoms with Crippen LogP contribution in [0.5, 0.6) is 0 Å². The first-order valence-electron chi connectivity index (χ1n) is 10.7. The van der Waals surface area contributed by atoms with Crippen LogP contribution >= 0.6 is 0 Å². The minimum Gasteiger partial charge on any atom is -0.396 e. The lowest BCUT2D eigenvalue weighted by Gasteiger charge is -2.32. The van der Waals surface area contributed by atoms with Crippen LogP contribution in [-0.2, 0) is 14.6 Å². The highest BCUT2D eigenvalue weighted by molar-refractivity contribution is 7.91. The zero-order valence-electron chi connectivity index (χ0n) is 18.3. The number of sulfone groups is 1. The van der Waals surface area contributed by atoms with Crippen LogP contribution in [-0.4, -0.2) is 49.8 Å². The summed E-state index contributed by atoms with van der Waals surface area (Å²) in [6.45, 7) is 0.136. The number of hydrogen-bond acceptors (Lipinski definition) is 5. The second kappa shape index (κ2) is 11.8. The van der Waals surface area contributed by atoms with Gasteiger partial charge in [-0.25, -0.2) is 8.42 Å². The number of amides is 1. The molecular weight excluding hydrogens is 462 g/mol. The lowest BCUT2D eigenvalue weighted by Crippen LogP contribution is -2.38. The van der Waals surface area contributed by atoms with E-state index in [1.54, 1.807) is 0 Å². The van der Waals surface area contributed by atoms with E-state index in [4.69, 9.17) is 0 Å². The van der Waals surface area contributed by atoms with Gasteiger partial charge in [-0.3, -0.25) is 9.69 Å². The molecule has 0 spiro atoms. The molecule has 0 atom stereocenters. The van der Waals surface area contributed by atoms with Gasteiger partial charge >= 0.3 is 5.76 Å². The fourth-order valence-corrected chi connectivity index (χ4v) is 4.63. The van der Waals surface area contributed by atoms with Crippen molar-refractivity contribution in [2.45, 2.75) is 23.1 Å². The van der Waals surface area contributed by atoms with Gasteiger partial charge in [0.25, 0.3) is 0 Å². The van der Waals surface area contributed by atoms with Crippen LogP contribution in [0.4, 0.5) is 14.5 Å². The molecule has 34 heavy (non-hydrogen) atoms. The van der Waals surface area contributed by atoms with E-state index in [0.29, 0.717) is 13.0 Å². The Kier molecular flexibility index (Phi) is 8.86. The van der Waals surface area contributed by atoms with Crippen molar-refractivity contribution in [1.29, 1.82) is 0 Å². The third-order valence-electron chi connectivity index (χ3n) is 5.25. The molecule has 3 rings (SSSR count). The third-order valence-corrected chi connectivity index (χ3v) is 6.69. The van der Waals surface area contributed by atoms with E-state index >= 15 is 0 Å². The van der Waals surface area contributed by atoms with Gasteiger partial charge in [0.1, 0.15) is 0 Å². The van der Waals surface area contributed by atoms with Crippen molar-refractivity contribution < 1.29 is 27.1 Å². The van der Waals surface area contributed by atoms with Crippen LogP contribution in [0.2, 0.25) is 0 Å². The molecule has 3 aromatic rings. The maximum absolute atomic E-state index is 13.1. The van der Waals surface area contributed by atoms with E-state index in [0.717, 1.165) is 17.2 Å². The quantitative estimate of drug-likeness (QED) is 0.425. The van der Waals surface area contributed by atoms with Gasteiger partial charge < -0.3 is 10.4 Å². The van der Waals surface area contributed by atoms with Crippen molar-refractivity contribution in [2.24, 2.45) is 0 Å². The molecule has 0 aliphatic heterocycles. The molecule has 1 amide bonds. The summed E-state index contributed by atoms with van der Waals surface area (Å²) in [5, 5.41) is 11.9. The SMILES string of the molecule is O=C(CN(CCCO)C(c1ccccc1)c1ccccc1)Nc1ccccc1S(=O)(=O)C(F)F. The molecule has 0 aliphatic rings. The molecule has 0 fully saturated rings. The van der Waals surface area contributed by atoms with E-state index in [1.165, 1.54) is 18.2 Å². The minimum absolute atomic E-state index is 0.0795. The van der Waals surface area contributed by atoms with Crippen LogP contribution in [0.1, 0.15) is 23.6 Å². The Morgan fingerprint density at radius 1 is 0.882 bits per heavy atom. The van der Waals surface area contributed by atoms with Crippen molar-refractivity contribution in [1.82, 2.24) is 4.90 Å². The zero-order valence-corrected chi connectivity index (χ0v) is 19.2. The summed E-state index contributed by atoms with van der Waals surface area (Å²) in [6.07, 6.45) is 0.403. The Balaban J connectivity index is 1.92. The van der Waals surface area contributed by atoms with Crippen molar-refractivity contribution in [3.8, 4) is 0 Å². The average Bonchev–Trinajstić information content (AvgIpc) is 2.84. The van der Waals surface area contributed by atoms with Crippen molar-refractivity contribution in [3.05, 3.63) is 96.1 Å². The van der Waals surface area contributed by atoms with E-state index in [1.807, 2.05) is 65.6 Å². The van der Waals surface area contributed by atoms with E-state index in [2.05, 4.69) is 5.32 Å². The Morgan fingerprint density at radius 2 is 1.41 bits per heavy atom. The van der Waals surface area contributed by atoms with Gasteiger partial charge in [-0.1, -0.05) is 72.8 Å². The topological polar surface area (TPSA) is 86.7 Å². The maximum atomic E-state index is 13.1. The first-order valence-corrected chi connectivity index (χ1v) is 12.2. The van der Waals surface area contributed by atoms with Crippen LogP contribution < -0.4 is 5.32 Å². The smallest absolute Gasteiger partial charge is 0.341 e. The number of anilines is 1. The number of para-hydroxylation sites is 1. The Bertz CT molecular complexity index is 1140. The number of hydrogen-bond donors (Lipinski definition) is 2. The molecule has 6 nitrogen and oxygen atoms in total. The molecule has 0 saturated carbocycles. The Hall–Kier alpha value is -3.14. The summed E-state index contributed by atoms with van der Waals surface area (Å²) in [6, 6.07) is 23.8. The van der Waals surface area contributed by atoms with Crippen molar-refractivity contribution >= 4 is 21.4 Å². The van der Waals surface area contributed by atoms with E-state index < -0.39 is 26.4 Å². The van der Waals surface area contributed by atoms with Gasteiger partial charge in [0.05, 0.1) is 23.2 Å². The first-order chi connectivity index (χ1) is 16.3. The number of aliphatic hydroxyl groups is 1. The number of carbonyl (C=O) groups is 1. The number of rotatable bonds is 11. The summed E-state index contributed by atoms with van der Waals surface area (Å²) in [4.78, 5) is 14.2. The molecule has 0 radical (unpaired) electrons. The molecule has 0 unspecified atom stereocenters. The number of aliphatic hydroxyl groups excluding tert-OH is 1. The number of nitrogens with zero attached hydrogens (tertiary/aromatic N) is 1. The zero-order chi connectivity index (χ0) is 24.6. The second-order valence-electron chi connectivity index (χ2n) is 7.62. The molecule has 2 N–H and O–H groups in total. The molecule has 0 aliphatic carbocycles. The summed E-state index contributed by atoms with van der Waals surface area (Å²) in [7, 11) is -4.89. The number of benzene rings is 3. The van der Waals surface area contributed by atoms with Gasteiger partial charge in [-0.05, 0) is 29.7 Å². The maximum Gasteiger partial charge on any atom is 0.341 e. The van der Waals surface area contributed by atoms with Crippen molar-refractivity contribution in [2.75, 3.05) is 25.0 Å². The second-order valence-corrected chi connectivity index (χ2v) is 9.51. The highest BCUT2D eigenvalue weighted by Gasteiger charge is 2.30. The third kappa shape index (κ3) is 6.25. The van der Waals surface area contributed by atoms with Crippen LogP contribution in [0.15, 0.2) is 89.8 Å². The predicted octanol–water partition coefficient (Wildman–Crippen LogP) is 4.10. The van der Waals surface area contributed by atoms with Crippen molar-refractivity contribution in [3.63, 3.8) is 0 Å². The first kappa shape index (κ1) is 25.5. The van der Waals surface area contributed by atoms with Gasteiger partial charge in [-0.2, -0.15) is 8.78 Å². The monoisotopic (exact) mass is 488 g/mol. The molecule has 0 aromatic heterocycles. The summed E-state index contributed by atoms with van der Waals surface area (Å²) in [5.41, 5.74) is 1.66. The van der Waals surface area contributed by atoms with E-state index in [-0.39, 0.29) is 24.9 Å². The summed E-state index contributed by atoms with van der Waals surface area (Å²) < 4.78 is 50.3. The van der Waals surface area contributed by atoms with Crippen LogP contribution in [0.25, 0.3) is 0 Å². The molecule has 180 valence electrons. The largest absolute Gasteiger partial charge is 0.396 e. The van der Waals surface area contributed by atoms with Crippen LogP contribution in [0.3, 0.4) is 0 Å². The lowest BCUT2D eigenvalue weighted by molar-refractivity contribution is -0.117. The fraction of sp³-hybridized carbons (Fsp3) is 0.240. The van der Waals surface area contributed by atoms with Crippen LogP contribution in [0, 0.1) is 0 Å². The van der Waals surface area contributed by atoms with Gasteiger partial charge in [0.2, 0.25) is 15.7 Å². The fourth-order valence-electron chi connectivity index (χ4n) is 3.75. The number of carbonyl (C=O) groups excluding carboxylic acids is 1. The molecule has 0 saturated heterocycles. The van der Waals surface area contributed by atoms with E-state index in [9.17, 15) is 27.1 Å². The van der Waals surface area contributed by atoms with Gasteiger partial charge in [-0.15, -0.1) is 0 Å². The Morgan fingerprint density at radius 3 is 1.94 bits per heavy atom. The summed E-state index contributed by atoms with van der Waals surface area (Å²) in [5.74, 6) is -4.17. The molecule has 0 heterocycles. The highest BCUT2D eigenvalue weighted by atomic mass is 32.2. The molecule has 9 heteroatoms. The van der Waals surface area contributed by atoms with Gasteiger partial charge in [0, 0.05) is 13.2 Å². The predicted molar refractivity (Wildman–Crippen MR) is 126 cm³/mol. The number of nitrogens with one attached hydrogen (secondary N) is 1. The minimum atomic E-state index is -4.89. The number of alkyl halides is 2.